The van der Waals surface area contributed by atoms with Crippen molar-refractivity contribution in [1.82, 2.24) is 20.0 Å². The van der Waals surface area contributed by atoms with Crippen molar-refractivity contribution in [2.75, 3.05) is 0 Å². The van der Waals surface area contributed by atoms with E-state index in [1.165, 1.54) is 0 Å². The molecule has 1 heterocycles. The van der Waals surface area contributed by atoms with Gasteiger partial charge in [0, 0.05) is 18.3 Å². The topological polar surface area (TPSA) is 76.0 Å². The SMILES string of the molecule is Cc1nn(-c2ccccc2)cc1CNNS(=O)(=O)c1ccccc1. The zero-order chi connectivity index (χ0) is 17.0. The molecule has 0 saturated heterocycles. The lowest BCUT2D eigenvalue weighted by Crippen LogP contribution is -2.36. The maximum Gasteiger partial charge on any atom is 0.253 e. The number of hydrogen-bond donors (Lipinski definition) is 2. The summed E-state index contributed by atoms with van der Waals surface area (Å²) in [7, 11) is -3.58. The standard InChI is InChI=1S/C17H18N4O2S/c1-14-15(13-21(19-14)16-8-4-2-5-9-16)12-18-20-24(22,23)17-10-6-3-7-11-17/h2-11,13,18,20H,12H2,1H3. The van der Waals surface area contributed by atoms with E-state index in [4.69, 9.17) is 0 Å². The molecule has 24 heavy (non-hydrogen) atoms. The van der Waals surface area contributed by atoms with Gasteiger partial charge in [-0.05, 0) is 31.2 Å². The van der Waals surface area contributed by atoms with Crippen LogP contribution in [0.15, 0.2) is 71.8 Å². The molecule has 0 unspecified atom stereocenters. The fraction of sp³-hybridized carbons (Fsp3) is 0.118. The average Bonchev–Trinajstić information content (AvgIpc) is 2.97. The fourth-order valence-corrected chi connectivity index (χ4v) is 3.16. The third-order valence-electron chi connectivity index (χ3n) is 3.56. The molecule has 0 amide bonds. The Labute approximate surface area is 141 Å². The van der Waals surface area contributed by atoms with Crippen LogP contribution in [0.3, 0.4) is 0 Å². The highest BCUT2D eigenvalue weighted by Crippen LogP contribution is 2.12. The quantitative estimate of drug-likeness (QED) is 0.673. The van der Waals surface area contributed by atoms with Crippen molar-refractivity contribution in [3.05, 3.63) is 78.1 Å². The molecular weight excluding hydrogens is 324 g/mol. The monoisotopic (exact) mass is 342 g/mol. The summed E-state index contributed by atoms with van der Waals surface area (Å²) in [5.41, 5.74) is 5.46. The van der Waals surface area contributed by atoms with Crippen LogP contribution in [0.2, 0.25) is 0 Å². The minimum atomic E-state index is -3.58. The number of hydrazine groups is 1. The maximum atomic E-state index is 12.1. The summed E-state index contributed by atoms with van der Waals surface area (Å²) in [6.45, 7) is 2.23. The molecule has 3 rings (SSSR count). The molecular formula is C17H18N4O2S. The Bertz CT molecular complexity index is 906. The number of aryl methyl sites for hydroxylation is 1. The second-order valence-electron chi connectivity index (χ2n) is 5.29. The zero-order valence-corrected chi connectivity index (χ0v) is 14.0. The van der Waals surface area contributed by atoms with Crippen LogP contribution in [-0.2, 0) is 16.6 Å². The predicted molar refractivity (Wildman–Crippen MR) is 91.9 cm³/mol. The van der Waals surface area contributed by atoms with Gasteiger partial charge >= 0.3 is 0 Å². The number of sulfonamides is 1. The van der Waals surface area contributed by atoms with Gasteiger partial charge < -0.3 is 0 Å². The van der Waals surface area contributed by atoms with E-state index < -0.39 is 10.0 Å². The molecule has 2 N–H and O–H groups in total. The van der Waals surface area contributed by atoms with Crippen molar-refractivity contribution in [3.63, 3.8) is 0 Å². The Balaban J connectivity index is 1.67. The Morgan fingerprint density at radius 2 is 1.62 bits per heavy atom. The maximum absolute atomic E-state index is 12.1. The molecule has 2 aromatic carbocycles. The van der Waals surface area contributed by atoms with E-state index in [1.54, 1.807) is 35.0 Å². The van der Waals surface area contributed by atoms with Crippen LogP contribution in [0.4, 0.5) is 0 Å². The van der Waals surface area contributed by atoms with Crippen molar-refractivity contribution in [2.24, 2.45) is 0 Å². The van der Waals surface area contributed by atoms with Gasteiger partial charge in [0.1, 0.15) is 0 Å². The van der Waals surface area contributed by atoms with Gasteiger partial charge in [0.25, 0.3) is 10.0 Å². The molecule has 124 valence electrons. The summed E-state index contributed by atoms with van der Waals surface area (Å²) in [4.78, 5) is 2.60. The third-order valence-corrected chi connectivity index (χ3v) is 4.87. The highest BCUT2D eigenvalue weighted by atomic mass is 32.2. The van der Waals surface area contributed by atoms with Crippen LogP contribution < -0.4 is 10.3 Å². The van der Waals surface area contributed by atoms with E-state index in [1.807, 2.05) is 43.5 Å². The highest BCUT2D eigenvalue weighted by molar-refractivity contribution is 7.89. The van der Waals surface area contributed by atoms with Crippen molar-refractivity contribution in [3.8, 4) is 5.69 Å². The van der Waals surface area contributed by atoms with Crippen LogP contribution in [0, 0.1) is 6.92 Å². The molecule has 3 aromatic rings. The number of hydrogen-bond acceptors (Lipinski definition) is 4. The van der Waals surface area contributed by atoms with Gasteiger partial charge in [0.15, 0.2) is 0 Å². The molecule has 7 heteroatoms. The second-order valence-corrected chi connectivity index (χ2v) is 6.97. The van der Waals surface area contributed by atoms with E-state index in [0.29, 0.717) is 6.54 Å². The summed E-state index contributed by atoms with van der Waals surface area (Å²) >= 11 is 0. The number of nitrogens with zero attached hydrogens (tertiary/aromatic N) is 2. The van der Waals surface area contributed by atoms with Crippen LogP contribution in [0.5, 0.6) is 0 Å². The Morgan fingerprint density at radius 3 is 2.29 bits per heavy atom. The van der Waals surface area contributed by atoms with Gasteiger partial charge in [-0.2, -0.15) is 5.10 Å². The summed E-state index contributed by atoms with van der Waals surface area (Å²) in [5, 5.41) is 4.45. The van der Waals surface area contributed by atoms with Crippen LogP contribution in [-0.4, -0.2) is 18.2 Å². The van der Waals surface area contributed by atoms with Crippen molar-refractivity contribution in [1.29, 1.82) is 0 Å². The minimum absolute atomic E-state index is 0.217. The fourth-order valence-electron chi connectivity index (χ4n) is 2.27. The van der Waals surface area contributed by atoms with Crippen LogP contribution in [0.25, 0.3) is 5.69 Å². The first kappa shape index (κ1) is 16.4. The van der Waals surface area contributed by atoms with Crippen molar-refractivity contribution < 1.29 is 8.42 Å². The number of para-hydroxylation sites is 1. The van der Waals surface area contributed by atoms with E-state index >= 15 is 0 Å². The van der Waals surface area contributed by atoms with Gasteiger partial charge in [0.05, 0.1) is 16.3 Å². The number of rotatable bonds is 6. The number of aromatic nitrogens is 2. The van der Waals surface area contributed by atoms with Gasteiger partial charge in [-0.15, -0.1) is 4.83 Å². The Morgan fingerprint density at radius 1 is 1.00 bits per heavy atom. The molecule has 0 aliphatic carbocycles. The Hall–Kier alpha value is -2.48. The molecule has 0 saturated carbocycles. The van der Waals surface area contributed by atoms with Gasteiger partial charge in [-0.3, -0.25) is 0 Å². The molecule has 0 aliphatic rings. The second kappa shape index (κ2) is 6.96. The molecule has 0 fully saturated rings. The smallest absolute Gasteiger partial charge is 0.240 e. The molecule has 0 aliphatic heterocycles. The molecule has 0 atom stereocenters. The molecule has 0 spiro atoms. The first-order valence-corrected chi connectivity index (χ1v) is 8.95. The van der Waals surface area contributed by atoms with E-state index in [2.05, 4.69) is 15.4 Å². The van der Waals surface area contributed by atoms with Crippen LogP contribution >= 0.6 is 0 Å². The van der Waals surface area contributed by atoms with E-state index in [9.17, 15) is 8.42 Å². The number of nitrogens with one attached hydrogen (secondary N) is 2. The third kappa shape index (κ3) is 3.70. The van der Waals surface area contributed by atoms with Crippen LogP contribution in [0.1, 0.15) is 11.3 Å². The lowest BCUT2D eigenvalue weighted by Gasteiger charge is -2.07. The molecule has 1 aromatic heterocycles. The van der Waals surface area contributed by atoms with Gasteiger partial charge in [-0.1, -0.05) is 36.4 Å². The summed E-state index contributed by atoms with van der Waals surface area (Å²) < 4.78 is 26.1. The first-order valence-electron chi connectivity index (χ1n) is 7.46. The van der Waals surface area contributed by atoms with Gasteiger partial charge in [0.2, 0.25) is 0 Å². The molecule has 0 radical (unpaired) electrons. The number of benzene rings is 2. The average molecular weight is 342 g/mol. The minimum Gasteiger partial charge on any atom is -0.240 e. The zero-order valence-electron chi connectivity index (χ0n) is 13.2. The lowest BCUT2D eigenvalue weighted by atomic mass is 10.3. The Kier molecular flexibility index (Phi) is 4.75. The summed E-state index contributed by atoms with van der Waals surface area (Å²) in [5.74, 6) is 0. The predicted octanol–water partition coefficient (Wildman–Crippen LogP) is 2.16. The molecule has 0 bridgehead atoms. The normalized spacial score (nSPS) is 11.5. The summed E-state index contributed by atoms with van der Waals surface area (Å²) in [6, 6.07) is 18.0. The lowest BCUT2D eigenvalue weighted by molar-refractivity contribution is 0.554. The van der Waals surface area contributed by atoms with E-state index in [0.717, 1.165) is 16.9 Å². The largest absolute Gasteiger partial charge is 0.253 e. The summed E-state index contributed by atoms with van der Waals surface area (Å²) in [6.07, 6.45) is 1.88. The molecule has 6 nitrogen and oxygen atoms in total. The van der Waals surface area contributed by atoms with Crippen molar-refractivity contribution in [2.45, 2.75) is 18.4 Å². The van der Waals surface area contributed by atoms with E-state index in [-0.39, 0.29) is 4.90 Å². The highest BCUT2D eigenvalue weighted by Gasteiger charge is 2.13. The van der Waals surface area contributed by atoms with Crippen molar-refractivity contribution >= 4 is 10.0 Å². The first-order chi connectivity index (χ1) is 11.6. The van der Waals surface area contributed by atoms with Gasteiger partial charge in [-0.25, -0.2) is 18.5 Å².